The zero-order valence-corrected chi connectivity index (χ0v) is 8.86. The molecular formula is C11H19NO2. The van der Waals surface area contributed by atoms with Gasteiger partial charge in [0.2, 0.25) is 0 Å². The van der Waals surface area contributed by atoms with Gasteiger partial charge in [-0.3, -0.25) is 0 Å². The van der Waals surface area contributed by atoms with E-state index in [0.717, 1.165) is 24.2 Å². The summed E-state index contributed by atoms with van der Waals surface area (Å²) in [5.41, 5.74) is 6.49. The zero-order chi connectivity index (χ0) is 10.6. The molecule has 2 atom stereocenters. The number of aliphatic hydroxyl groups excluding tert-OH is 1. The highest BCUT2D eigenvalue weighted by Gasteiger charge is 2.21. The summed E-state index contributed by atoms with van der Waals surface area (Å²) in [6, 6.07) is 1.82. The van der Waals surface area contributed by atoms with Gasteiger partial charge in [-0.05, 0) is 26.0 Å². The second kappa shape index (κ2) is 5.17. The summed E-state index contributed by atoms with van der Waals surface area (Å²) in [5, 5.41) is 10.0. The fourth-order valence-corrected chi connectivity index (χ4v) is 1.73. The Morgan fingerprint density at radius 3 is 2.71 bits per heavy atom. The molecule has 80 valence electrons. The number of hydrogen-bond donors (Lipinski definition) is 2. The van der Waals surface area contributed by atoms with Crippen LogP contribution in [-0.2, 0) is 0 Å². The highest BCUT2D eigenvalue weighted by molar-refractivity contribution is 5.19. The van der Waals surface area contributed by atoms with Gasteiger partial charge in [0.1, 0.15) is 5.76 Å². The Labute approximate surface area is 84.9 Å². The summed E-state index contributed by atoms with van der Waals surface area (Å²) in [5.74, 6) is 0.920. The number of nitrogens with two attached hydrogens (primary N) is 1. The third kappa shape index (κ3) is 2.36. The van der Waals surface area contributed by atoms with E-state index < -0.39 is 6.10 Å². The van der Waals surface area contributed by atoms with Crippen LogP contribution in [0.4, 0.5) is 0 Å². The minimum Gasteiger partial charge on any atom is -0.469 e. The van der Waals surface area contributed by atoms with Crippen molar-refractivity contribution in [3.8, 4) is 0 Å². The number of furan rings is 1. The summed E-state index contributed by atoms with van der Waals surface area (Å²) in [6.07, 6.45) is 3.10. The van der Waals surface area contributed by atoms with Crippen LogP contribution in [0.3, 0.4) is 0 Å². The first kappa shape index (κ1) is 11.3. The van der Waals surface area contributed by atoms with Crippen LogP contribution >= 0.6 is 0 Å². The Kier molecular flexibility index (Phi) is 4.17. The summed E-state index contributed by atoms with van der Waals surface area (Å²) < 4.78 is 5.16. The molecule has 14 heavy (non-hydrogen) atoms. The van der Waals surface area contributed by atoms with E-state index >= 15 is 0 Å². The normalized spacial score (nSPS) is 15.4. The van der Waals surface area contributed by atoms with Gasteiger partial charge in [0.25, 0.3) is 0 Å². The standard InChI is InChI=1S/C11H19NO2/c1-3-4-9(7-12)11(13)10-5-6-14-8(10)2/h5-6,9,11,13H,3-4,7,12H2,1-2H3. The molecule has 0 fully saturated rings. The minimum atomic E-state index is -0.487. The Morgan fingerprint density at radius 2 is 2.29 bits per heavy atom. The molecule has 0 spiro atoms. The molecule has 0 aromatic carbocycles. The second-order valence-corrected chi connectivity index (χ2v) is 3.66. The quantitative estimate of drug-likeness (QED) is 0.759. The van der Waals surface area contributed by atoms with Gasteiger partial charge < -0.3 is 15.3 Å². The van der Waals surface area contributed by atoms with Crippen LogP contribution in [0.5, 0.6) is 0 Å². The molecular weight excluding hydrogens is 178 g/mol. The van der Waals surface area contributed by atoms with Gasteiger partial charge in [0.05, 0.1) is 12.4 Å². The van der Waals surface area contributed by atoms with Crippen molar-refractivity contribution < 1.29 is 9.52 Å². The molecule has 3 nitrogen and oxygen atoms in total. The van der Waals surface area contributed by atoms with E-state index in [4.69, 9.17) is 10.2 Å². The molecule has 0 bridgehead atoms. The topological polar surface area (TPSA) is 59.4 Å². The first-order valence-corrected chi connectivity index (χ1v) is 5.12. The van der Waals surface area contributed by atoms with Gasteiger partial charge in [0, 0.05) is 11.5 Å². The van der Waals surface area contributed by atoms with Gasteiger partial charge in [-0.1, -0.05) is 13.3 Å². The third-order valence-corrected chi connectivity index (χ3v) is 2.63. The van der Waals surface area contributed by atoms with Crippen molar-refractivity contribution in [2.75, 3.05) is 6.54 Å². The molecule has 1 heterocycles. The lowest BCUT2D eigenvalue weighted by molar-refractivity contribution is 0.105. The van der Waals surface area contributed by atoms with E-state index in [1.807, 2.05) is 13.0 Å². The number of aliphatic hydroxyl groups is 1. The predicted molar refractivity (Wildman–Crippen MR) is 55.9 cm³/mol. The first-order valence-electron chi connectivity index (χ1n) is 5.12. The van der Waals surface area contributed by atoms with Gasteiger partial charge in [-0.15, -0.1) is 0 Å². The maximum atomic E-state index is 10.0. The van der Waals surface area contributed by atoms with Crippen molar-refractivity contribution in [1.29, 1.82) is 0 Å². The van der Waals surface area contributed by atoms with E-state index in [2.05, 4.69) is 6.92 Å². The van der Waals surface area contributed by atoms with Crippen molar-refractivity contribution in [2.24, 2.45) is 11.7 Å². The number of hydrogen-bond acceptors (Lipinski definition) is 3. The lowest BCUT2D eigenvalue weighted by atomic mass is 9.92. The fourth-order valence-electron chi connectivity index (χ4n) is 1.73. The monoisotopic (exact) mass is 197 g/mol. The molecule has 0 aliphatic carbocycles. The molecule has 0 amide bonds. The Morgan fingerprint density at radius 1 is 1.57 bits per heavy atom. The van der Waals surface area contributed by atoms with Crippen molar-refractivity contribution in [3.05, 3.63) is 23.7 Å². The summed E-state index contributed by atoms with van der Waals surface area (Å²) in [6.45, 7) is 4.47. The smallest absolute Gasteiger partial charge is 0.106 e. The third-order valence-electron chi connectivity index (χ3n) is 2.63. The molecule has 1 rings (SSSR count). The van der Waals surface area contributed by atoms with E-state index in [-0.39, 0.29) is 5.92 Å². The second-order valence-electron chi connectivity index (χ2n) is 3.66. The van der Waals surface area contributed by atoms with Gasteiger partial charge in [-0.2, -0.15) is 0 Å². The van der Waals surface area contributed by atoms with Crippen LogP contribution in [0.15, 0.2) is 16.7 Å². The minimum absolute atomic E-state index is 0.135. The molecule has 3 N–H and O–H groups in total. The zero-order valence-electron chi connectivity index (χ0n) is 8.86. The predicted octanol–water partition coefficient (Wildman–Crippen LogP) is 2.00. The first-order chi connectivity index (χ1) is 6.70. The lowest BCUT2D eigenvalue weighted by Gasteiger charge is -2.20. The average molecular weight is 197 g/mol. The Hall–Kier alpha value is -0.800. The van der Waals surface area contributed by atoms with Crippen molar-refractivity contribution in [2.45, 2.75) is 32.8 Å². The molecule has 0 saturated heterocycles. The van der Waals surface area contributed by atoms with Crippen LogP contribution in [0, 0.1) is 12.8 Å². The summed E-state index contributed by atoms with van der Waals surface area (Å²) >= 11 is 0. The molecule has 1 aromatic rings. The largest absolute Gasteiger partial charge is 0.469 e. The molecule has 0 radical (unpaired) electrons. The van der Waals surface area contributed by atoms with E-state index in [9.17, 15) is 5.11 Å². The van der Waals surface area contributed by atoms with Gasteiger partial charge in [-0.25, -0.2) is 0 Å². The SMILES string of the molecule is CCCC(CN)C(O)c1ccoc1C. The van der Waals surface area contributed by atoms with Crippen molar-refractivity contribution in [3.63, 3.8) is 0 Å². The molecule has 1 aromatic heterocycles. The van der Waals surface area contributed by atoms with Crippen molar-refractivity contribution in [1.82, 2.24) is 0 Å². The molecule has 2 unspecified atom stereocenters. The average Bonchev–Trinajstić information content (AvgIpc) is 2.59. The summed E-state index contributed by atoms with van der Waals surface area (Å²) in [4.78, 5) is 0. The highest BCUT2D eigenvalue weighted by atomic mass is 16.3. The Bertz CT molecular complexity index is 270. The molecule has 0 saturated carbocycles. The van der Waals surface area contributed by atoms with Crippen LogP contribution < -0.4 is 5.73 Å². The maximum absolute atomic E-state index is 10.0. The Balaban J connectivity index is 2.72. The van der Waals surface area contributed by atoms with Crippen LogP contribution in [0.25, 0.3) is 0 Å². The molecule has 0 aliphatic heterocycles. The van der Waals surface area contributed by atoms with Crippen LogP contribution in [0.1, 0.15) is 37.2 Å². The van der Waals surface area contributed by atoms with Gasteiger partial charge >= 0.3 is 0 Å². The fraction of sp³-hybridized carbons (Fsp3) is 0.636. The number of rotatable bonds is 5. The highest BCUT2D eigenvalue weighted by Crippen LogP contribution is 2.27. The van der Waals surface area contributed by atoms with Crippen LogP contribution in [-0.4, -0.2) is 11.7 Å². The lowest BCUT2D eigenvalue weighted by Crippen LogP contribution is -2.22. The van der Waals surface area contributed by atoms with Gasteiger partial charge in [0.15, 0.2) is 0 Å². The van der Waals surface area contributed by atoms with E-state index in [1.165, 1.54) is 0 Å². The number of aryl methyl sites for hydroxylation is 1. The van der Waals surface area contributed by atoms with Crippen LogP contribution in [0.2, 0.25) is 0 Å². The van der Waals surface area contributed by atoms with E-state index in [1.54, 1.807) is 6.26 Å². The van der Waals surface area contributed by atoms with Crippen molar-refractivity contribution >= 4 is 0 Å². The van der Waals surface area contributed by atoms with E-state index in [0.29, 0.717) is 6.54 Å². The summed E-state index contributed by atoms with van der Waals surface area (Å²) in [7, 11) is 0. The molecule has 3 heteroatoms. The maximum Gasteiger partial charge on any atom is 0.106 e. The molecule has 0 aliphatic rings.